The lowest BCUT2D eigenvalue weighted by Gasteiger charge is -2.22. The Hall–Kier alpha value is -1.84. The van der Waals surface area contributed by atoms with Crippen LogP contribution in [-0.2, 0) is 24.1 Å². The van der Waals surface area contributed by atoms with E-state index in [-0.39, 0.29) is 18.3 Å². The third-order valence-corrected chi connectivity index (χ3v) is 4.20. The van der Waals surface area contributed by atoms with E-state index in [0.717, 1.165) is 12.1 Å². The molecule has 4 heteroatoms. The van der Waals surface area contributed by atoms with Crippen molar-refractivity contribution in [3.63, 3.8) is 0 Å². The van der Waals surface area contributed by atoms with E-state index in [9.17, 15) is 4.79 Å². The minimum atomic E-state index is -0.840. The van der Waals surface area contributed by atoms with Crippen molar-refractivity contribution in [2.24, 2.45) is 5.73 Å². The number of aryl methyl sites for hydroxylation is 1. The Morgan fingerprint density at radius 2 is 1.64 bits per heavy atom. The average Bonchev–Trinajstić information content (AvgIpc) is 2.85. The highest BCUT2D eigenvalue weighted by Gasteiger charge is 2.40. The molecule has 1 aliphatic carbocycles. The number of rotatable bonds is 3. The van der Waals surface area contributed by atoms with E-state index in [1.165, 1.54) is 16.7 Å². The van der Waals surface area contributed by atoms with E-state index < -0.39 is 5.54 Å². The molecule has 0 saturated heterocycles. The van der Waals surface area contributed by atoms with Gasteiger partial charge in [-0.2, -0.15) is 0 Å². The van der Waals surface area contributed by atoms with Crippen LogP contribution in [0.25, 0.3) is 0 Å². The first kappa shape index (κ1) is 16.5. The number of carbonyl (C=O) groups excluding carboxylic acids is 1. The zero-order valence-electron chi connectivity index (χ0n) is 12.6. The van der Waals surface area contributed by atoms with Crippen LogP contribution in [0.5, 0.6) is 0 Å². The summed E-state index contributed by atoms with van der Waals surface area (Å²) in [6, 6.07) is 16.0. The predicted molar refractivity (Wildman–Crippen MR) is 92.5 cm³/mol. The third kappa shape index (κ3) is 3.16. The molecular weight excluding hydrogens is 296 g/mol. The second kappa shape index (κ2) is 6.51. The normalized spacial score (nSPS) is 14.8. The van der Waals surface area contributed by atoms with Gasteiger partial charge in [-0.3, -0.25) is 4.79 Å². The van der Waals surface area contributed by atoms with Gasteiger partial charge in [0.05, 0.1) is 0 Å². The van der Waals surface area contributed by atoms with Crippen LogP contribution in [0.1, 0.15) is 23.6 Å². The maximum absolute atomic E-state index is 12.5. The monoisotopic (exact) mass is 316 g/mol. The fraction of sp³-hybridized carbons (Fsp3) is 0.278. The molecule has 22 heavy (non-hydrogen) atoms. The molecule has 0 fully saturated rings. The fourth-order valence-corrected chi connectivity index (χ4v) is 2.88. The molecule has 0 unspecified atom stereocenters. The highest BCUT2D eigenvalue weighted by molar-refractivity contribution is 5.99. The van der Waals surface area contributed by atoms with Crippen molar-refractivity contribution in [1.82, 2.24) is 0 Å². The van der Waals surface area contributed by atoms with Crippen LogP contribution in [0.15, 0.2) is 48.5 Å². The van der Waals surface area contributed by atoms with Crippen molar-refractivity contribution in [3.05, 3.63) is 65.2 Å². The number of nitrogens with two attached hydrogens (primary N) is 1. The van der Waals surface area contributed by atoms with Gasteiger partial charge >= 0.3 is 0 Å². The van der Waals surface area contributed by atoms with Gasteiger partial charge in [-0.15, -0.1) is 12.4 Å². The van der Waals surface area contributed by atoms with Crippen LogP contribution in [0.4, 0.5) is 5.69 Å². The molecule has 3 N–H and O–H groups in total. The molecule has 0 aromatic heterocycles. The molecule has 0 atom stereocenters. The van der Waals surface area contributed by atoms with Gasteiger partial charge in [0.1, 0.15) is 5.54 Å². The largest absolute Gasteiger partial charge is 0.324 e. The number of nitrogens with one attached hydrogen (secondary N) is 1. The maximum atomic E-state index is 12.5. The standard InChI is InChI=1S/C18H20N2O.ClH/c1-2-13-7-9-16(10-8-13)20-17(21)18(19)11-14-5-3-4-6-15(14)12-18;/h3-10H,2,11-12,19H2,1H3,(H,20,21);1H. The summed E-state index contributed by atoms with van der Waals surface area (Å²) in [5.41, 5.74) is 9.92. The lowest BCUT2D eigenvalue weighted by molar-refractivity contribution is -0.120. The summed E-state index contributed by atoms with van der Waals surface area (Å²) in [6.07, 6.45) is 2.19. The van der Waals surface area contributed by atoms with Crippen molar-refractivity contribution in [2.75, 3.05) is 5.32 Å². The Kier molecular flexibility index (Phi) is 4.89. The SMILES string of the molecule is CCc1ccc(NC(=O)C2(N)Cc3ccccc3C2)cc1.Cl. The molecule has 2 aromatic carbocycles. The van der Waals surface area contributed by atoms with Gasteiger partial charge in [0.15, 0.2) is 0 Å². The quantitative estimate of drug-likeness (QED) is 0.914. The number of anilines is 1. The van der Waals surface area contributed by atoms with Crippen molar-refractivity contribution < 1.29 is 4.79 Å². The summed E-state index contributed by atoms with van der Waals surface area (Å²) in [5.74, 6) is -0.108. The first-order valence-corrected chi connectivity index (χ1v) is 7.37. The molecule has 116 valence electrons. The van der Waals surface area contributed by atoms with Gasteiger partial charge in [-0.25, -0.2) is 0 Å². The van der Waals surface area contributed by atoms with E-state index in [1.54, 1.807) is 0 Å². The number of carbonyl (C=O) groups is 1. The number of amides is 1. The Morgan fingerprint density at radius 1 is 1.09 bits per heavy atom. The number of benzene rings is 2. The molecule has 1 amide bonds. The van der Waals surface area contributed by atoms with Crippen LogP contribution >= 0.6 is 12.4 Å². The van der Waals surface area contributed by atoms with E-state index in [4.69, 9.17) is 5.73 Å². The Labute approximate surface area is 137 Å². The molecular formula is C18H21ClN2O. The van der Waals surface area contributed by atoms with E-state index in [0.29, 0.717) is 12.8 Å². The van der Waals surface area contributed by atoms with Crippen LogP contribution in [0, 0.1) is 0 Å². The minimum Gasteiger partial charge on any atom is -0.324 e. The van der Waals surface area contributed by atoms with Crippen LogP contribution in [0.2, 0.25) is 0 Å². The average molecular weight is 317 g/mol. The first-order chi connectivity index (χ1) is 10.1. The zero-order valence-corrected chi connectivity index (χ0v) is 13.5. The molecule has 3 nitrogen and oxygen atoms in total. The van der Waals surface area contributed by atoms with Gasteiger partial charge in [-0.1, -0.05) is 43.3 Å². The summed E-state index contributed by atoms with van der Waals surface area (Å²) in [4.78, 5) is 12.5. The van der Waals surface area contributed by atoms with E-state index in [1.807, 2.05) is 48.5 Å². The smallest absolute Gasteiger partial charge is 0.245 e. The molecule has 0 aliphatic heterocycles. The number of halogens is 1. The molecule has 0 saturated carbocycles. The highest BCUT2D eigenvalue weighted by atomic mass is 35.5. The Morgan fingerprint density at radius 3 is 2.14 bits per heavy atom. The van der Waals surface area contributed by atoms with Crippen LogP contribution < -0.4 is 11.1 Å². The third-order valence-electron chi connectivity index (χ3n) is 4.20. The molecule has 2 aromatic rings. The van der Waals surface area contributed by atoms with Crippen molar-refractivity contribution in [1.29, 1.82) is 0 Å². The molecule has 0 spiro atoms. The molecule has 0 heterocycles. The maximum Gasteiger partial charge on any atom is 0.245 e. The predicted octanol–water partition coefficient (Wildman–Crippen LogP) is 3.11. The first-order valence-electron chi connectivity index (χ1n) is 7.37. The molecule has 0 bridgehead atoms. The van der Waals surface area contributed by atoms with E-state index >= 15 is 0 Å². The van der Waals surface area contributed by atoms with Gasteiger partial charge in [-0.05, 0) is 48.1 Å². The van der Waals surface area contributed by atoms with E-state index in [2.05, 4.69) is 12.2 Å². The number of fused-ring (bicyclic) bond motifs is 1. The highest BCUT2D eigenvalue weighted by Crippen LogP contribution is 2.29. The zero-order chi connectivity index (χ0) is 14.9. The van der Waals surface area contributed by atoms with Crippen molar-refractivity contribution in [2.45, 2.75) is 31.7 Å². The summed E-state index contributed by atoms with van der Waals surface area (Å²) < 4.78 is 0. The lowest BCUT2D eigenvalue weighted by Crippen LogP contribution is -2.52. The summed E-state index contributed by atoms with van der Waals surface area (Å²) >= 11 is 0. The van der Waals surface area contributed by atoms with Crippen molar-refractivity contribution in [3.8, 4) is 0 Å². The van der Waals surface area contributed by atoms with Crippen molar-refractivity contribution >= 4 is 24.0 Å². The molecule has 0 radical (unpaired) electrons. The number of hydrogen-bond acceptors (Lipinski definition) is 2. The van der Waals surface area contributed by atoms with Gasteiger partial charge in [0, 0.05) is 5.69 Å². The molecule has 3 rings (SSSR count). The second-order valence-electron chi connectivity index (χ2n) is 5.78. The fourth-order valence-electron chi connectivity index (χ4n) is 2.88. The van der Waals surface area contributed by atoms with Gasteiger partial charge in [0.25, 0.3) is 0 Å². The summed E-state index contributed by atoms with van der Waals surface area (Å²) in [6.45, 7) is 2.11. The van der Waals surface area contributed by atoms with Crippen LogP contribution in [0.3, 0.4) is 0 Å². The Balaban J connectivity index is 0.00000176. The van der Waals surface area contributed by atoms with Crippen LogP contribution in [-0.4, -0.2) is 11.4 Å². The molecule has 1 aliphatic rings. The Bertz CT molecular complexity index is 642. The van der Waals surface area contributed by atoms with Gasteiger partial charge in [0.2, 0.25) is 5.91 Å². The summed E-state index contributed by atoms with van der Waals surface area (Å²) in [5, 5.41) is 2.95. The lowest BCUT2D eigenvalue weighted by atomic mass is 9.96. The van der Waals surface area contributed by atoms with Gasteiger partial charge < -0.3 is 11.1 Å². The summed E-state index contributed by atoms with van der Waals surface area (Å²) in [7, 11) is 0. The minimum absolute atomic E-state index is 0. The topological polar surface area (TPSA) is 55.1 Å². The number of hydrogen-bond donors (Lipinski definition) is 2. The second-order valence-corrected chi connectivity index (χ2v) is 5.78.